The summed E-state index contributed by atoms with van der Waals surface area (Å²) in [4.78, 5) is 51.3. The average Bonchev–Trinajstić information content (AvgIpc) is 3.99. The van der Waals surface area contributed by atoms with Crippen molar-refractivity contribution in [1.82, 2.24) is 9.97 Å². The Morgan fingerprint density at radius 1 is 0.797 bits per heavy atom. The number of aromatic nitrogens is 2. The number of thiazole rings is 2. The van der Waals surface area contributed by atoms with Gasteiger partial charge in [0.1, 0.15) is 35.8 Å². The zero-order valence-electron chi connectivity index (χ0n) is 34.8. The van der Waals surface area contributed by atoms with Gasteiger partial charge in [0.05, 0.1) is 15.3 Å². The number of hydrogen-bond donors (Lipinski definition) is 2. The van der Waals surface area contributed by atoms with Gasteiger partial charge in [-0.1, -0.05) is 41.7 Å². The number of nitro groups is 2. The fourth-order valence-corrected chi connectivity index (χ4v) is 7.36. The first-order valence-corrected chi connectivity index (χ1v) is 20.7. The van der Waals surface area contributed by atoms with Gasteiger partial charge in [-0.25, -0.2) is 4.39 Å². The van der Waals surface area contributed by atoms with Gasteiger partial charge in [0.25, 0.3) is 0 Å². The zero-order chi connectivity index (χ0) is 45.8. The average molecular weight is 955 g/mol. The van der Waals surface area contributed by atoms with Crippen LogP contribution in [0.25, 0.3) is 6.08 Å². The van der Waals surface area contributed by atoms with Crippen LogP contribution in [-0.2, 0) is 31.8 Å². The van der Waals surface area contributed by atoms with Gasteiger partial charge in [-0.15, -0.1) is 0 Å². The molecule has 1 aliphatic heterocycles. The monoisotopic (exact) mass is 954 g/mol. The molecule has 2 aromatic heterocycles. The van der Waals surface area contributed by atoms with Crippen molar-refractivity contribution in [3.63, 3.8) is 0 Å². The van der Waals surface area contributed by atoms with Gasteiger partial charge in [0, 0.05) is 87.4 Å². The van der Waals surface area contributed by atoms with E-state index >= 15 is 0 Å². The topological polar surface area (TPSA) is 245 Å². The first-order valence-electron chi connectivity index (χ1n) is 19.0. The second-order valence-corrected chi connectivity index (χ2v) is 15.5. The van der Waals surface area contributed by atoms with Gasteiger partial charge in [-0.2, -0.15) is 4.58 Å². The van der Waals surface area contributed by atoms with Gasteiger partial charge < -0.3 is 35.3 Å². The molecule has 4 aromatic rings. The van der Waals surface area contributed by atoms with Crippen molar-refractivity contribution in [2.45, 2.75) is 39.5 Å². The maximum absolute atomic E-state index is 13.9. The van der Waals surface area contributed by atoms with Crippen LogP contribution in [0.2, 0.25) is 0 Å². The van der Waals surface area contributed by atoms with E-state index < -0.39 is 9.85 Å². The maximum atomic E-state index is 13.9. The number of hydrogen-bond acceptors (Lipinski definition) is 15. The Labute approximate surface area is 383 Å². The summed E-state index contributed by atoms with van der Waals surface area (Å²) in [6.45, 7) is 10.8. The van der Waals surface area contributed by atoms with Crippen LogP contribution in [-0.4, -0.2) is 73.5 Å². The molecule has 1 atom stereocenters. The minimum atomic E-state index is -0.583. The number of carbonyl (C=O) groups excluding carboxylic acids is 2. The predicted molar refractivity (Wildman–Crippen MR) is 238 cm³/mol. The third-order valence-corrected chi connectivity index (χ3v) is 11.4. The van der Waals surface area contributed by atoms with Crippen LogP contribution in [0.3, 0.4) is 0 Å². The van der Waals surface area contributed by atoms with Gasteiger partial charge in [0.2, 0.25) is 5.69 Å². The summed E-state index contributed by atoms with van der Waals surface area (Å²) in [6, 6.07) is 13.8. The molecule has 1 unspecified atom stereocenters. The molecule has 2 aromatic carbocycles. The number of fused-ring (bicyclic) bond motifs is 1. The Morgan fingerprint density at radius 3 is 1.72 bits per heavy atom. The molecule has 22 heteroatoms. The Bertz CT molecular complexity index is 2710. The second kappa shape index (κ2) is 22.4. The Hall–Kier alpha value is -7.01. The predicted octanol–water partition coefficient (Wildman–Crippen LogP) is 6.68. The molecule has 0 fully saturated rings. The third-order valence-electron chi connectivity index (χ3n) is 9.71. The van der Waals surface area contributed by atoms with Crippen LogP contribution in [0.5, 0.6) is 0 Å². The summed E-state index contributed by atoms with van der Waals surface area (Å²) in [5.74, 6) is -1.48. The molecule has 2 aliphatic carbocycles. The molecule has 0 spiro atoms. The maximum Gasteiger partial charge on any atom is 0.319 e. The van der Waals surface area contributed by atoms with E-state index in [0.717, 1.165) is 78.0 Å². The molecule has 0 amide bonds. The Morgan fingerprint density at radius 2 is 1.30 bits per heavy atom. The molecular formula is C42H40CoFN10O8S2-. The Kier molecular flexibility index (Phi) is 17.4. The summed E-state index contributed by atoms with van der Waals surface area (Å²) >= 11 is 1.51. The number of nitrogens with zero attached hydrogens (tertiary/aromatic N) is 10. The smallest absolute Gasteiger partial charge is 0.319 e. The van der Waals surface area contributed by atoms with E-state index in [1.54, 1.807) is 12.1 Å². The van der Waals surface area contributed by atoms with E-state index in [4.69, 9.17) is 0 Å². The zero-order valence-corrected chi connectivity index (χ0v) is 37.5. The number of rotatable bonds is 10. The Balaban J connectivity index is 0.000000216. The molecule has 7 rings (SSSR count). The summed E-state index contributed by atoms with van der Waals surface area (Å²) in [5, 5.41) is 53.9. The van der Waals surface area contributed by atoms with Crippen molar-refractivity contribution in [1.29, 1.82) is 0 Å². The van der Waals surface area contributed by atoms with Crippen LogP contribution in [0, 0.1) is 26.0 Å². The van der Waals surface area contributed by atoms with E-state index in [-0.39, 0.29) is 82.1 Å². The quantitative estimate of drug-likeness (QED) is 0.0735. The number of aliphatic hydroxyl groups is 2. The minimum absolute atomic E-state index is 0. The van der Waals surface area contributed by atoms with E-state index in [1.807, 2.05) is 6.07 Å². The minimum Gasteiger partial charge on any atom is -0.506 e. The van der Waals surface area contributed by atoms with Gasteiger partial charge in [-0.05, 0) is 87.4 Å². The van der Waals surface area contributed by atoms with E-state index in [9.17, 15) is 44.4 Å². The summed E-state index contributed by atoms with van der Waals surface area (Å²) in [7, 11) is 2.07. The molecule has 335 valence electrons. The largest absolute Gasteiger partial charge is 0.506 e. The molecule has 3 heterocycles. The summed E-state index contributed by atoms with van der Waals surface area (Å²) in [5.41, 5.74) is 5.81. The standard InChI is InChI=1S/C24H30FN2.2C9H6N4O4S.Co/c1-6-24(4)21-17-19(25)12-15-22(21)26(5)23(24)16-11-18-9-13-20(14-10-18)27(7-2)8-3;2*14-5-1-2-6(7(15)3-5)11-12-9-10-4-8(18-9)13(16)17;/h9-17H,6-8H2,1-5H3;2*1-4H,(H2,10,12,14,15);/q+1;;;/p-2. The number of carbonyl (C=O) groups is 2. The number of benzene rings is 2. The van der Waals surface area contributed by atoms with Crippen molar-refractivity contribution in [3.05, 3.63) is 156 Å². The molecule has 2 N–H and O–H groups in total. The van der Waals surface area contributed by atoms with Gasteiger partial charge in [-0.3, -0.25) is 40.0 Å². The van der Waals surface area contributed by atoms with Crippen molar-refractivity contribution in [2.24, 2.45) is 20.4 Å². The summed E-state index contributed by atoms with van der Waals surface area (Å²) < 4.78 is 16.1. The number of allylic oxidation sites excluding steroid dienone is 7. The molecule has 0 saturated carbocycles. The molecule has 1 radical (unpaired) electrons. The second-order valence-electron chi connectivity index (χ2n) is 13.6. The number of aliphatic hydroxyl groups excluding tert-OH is 2. The number of halogens is 1. The first kappa shape index (κ1) is 49.6. The third kappa shape index (κ3) is 12.3. The molecule has 18 nitrogen and oxygen atoms in total. The van der Waals surface area contributed by atoms with Gasteiger partial charge in [0.15, 0.2) is 17.3 Å². The summed E-state index contributed by atoms with van der Waals surface area (Å²) in [6.07, 6.45) is 14.4. The van der Waals surface area contributed by atoms with Crippen LogP contribution in [0.4, 0.5) is 25.8 Å². The van der Waals surface area contributed by atoms with Crippen molar-refractivity contribution in [2.75, 3.05) is 25.0 Å². The van der Waals surface area contributed by atoms with Crippen molar-refractivity contribution < 1.29 is 55.4 Å². The van der Waals surface area contributed by atoms with E-state index in [0.29, 0.717) is 0 Å². The van der Waals surface area contributed by atoms with E-state index in [1.165, 1.54) is 41.3 Å². The van der Waals surface area contributed by atoms with Crippen molar-refractivity contribution >= 4 is 78.8 Å². The van der Waals surface area contributed by atoms with Crippen LogP contribution < -0.4 is 24.5 Å². The molecule has 0 saturated heterocycles. The number of ketones is 2. The van der Waals surface area contributed by atoms with Crippen LogP contribution in [0.15, 0.2) is 129 Å². The van der Waals surface area contributed by atoms with Crippen molar-refractivity contribution in [3.8, 4) is 0 Å². The molecule has 64 heavy (non-hydrogen) atoms. The number of anilines is 1. The van der Waals surface area contributed by atoms with E-state index in [2.05, 4.69) is 111 Å². The fraction of sp³-hybridized carbons (Fsp3) is 0.214. The molecule has 3 aliphatic rings. The van der Waals surface area contributed by atoms with Crippen LogP contribution >= 0.6 is 22.7 Å². The molecular weight excluding hydrogens is 915 g/mol. The molecule has 0 bridgehead atoms. The normalized spacial score (nSPS) is 18.3. The first-order chi connectivity index (χ1) is 30.1. The SMILES string of the molecule is CCN(CC)c1ccc(/C=C/C2=[N+](C)c3ccc(F)cc3C2(C)CC)cc1.O=C1C=CC(=NN=c2[n-]cc([N+](=O)[O-])s2)C(O)=C1.O=C1C=CC(=NN=c2[n-]cc([N+](=O)[O-])s2)C(O)=C1.[Co]. The van der Waals surface area contributed by atoms with Gasteiger partial charge >= 0.3 is 10.0 Å². The fourth-order valence-electron chi connectivity index (χ4n) is 6.25. The van der Waals surface area contributed by atoms with Crippen LogP contribution in [0.1, 0.15) is 45.2 Å².